The number of hydrogen-bond donors (Lipinski definition) is 1. The molecule has 0 radical (unpaired) electrons. The van der Waals surface area contributed by atoms with Crippen LogP contribution in [0, 0.1) is 11.3 Å². The molecule has 0 saturated heterocycles. The molecule has 3 heteroatoms. The summed E-state index contributed by atoms with van der Waals surface area (Å²) in [6.45, 7) is 0. The molecule has 0 aliphatic rings. The minimum atomic E-state index is 0.671. The molecule has 0 amide bonds. The second-order valence-corrected chi connectivity index (χ2v) is 7.10. The zero-order valence-corrected chi connectivity index (χ0v) is 15.0. The first-order valence-electron chi connectivity index (χ1n) is 9.28. The van der Waals surface area contributed by atoms with Crippen molar-refractivity contribution in [2.45, 2.75) is 0 Å². The van der Waals surface area contributed by atoms with Crippen molar-refractivity contribution in [3.05, 3.63) is 90.5 Å². The number of benzene rings is 4. The Morgan fingerprint density at radius 1 is 0.643 bits per heavy atom. The molecule has 28 heavy (non-hydrogen) atoms. The molecule has 0 spiro atoms. The van der Waals surface area contributed by atoms with Gasteiger partial charge in [0.25, 0.3) is 0 Å². The van der Waals surface area contributed by atoms with Gasteiger partial charge in [-0.2, -0.15) is 5.26 Å². The number of para-hydroxylation sites is 2. The molecular formula is C25H15N3. The van der Waals surface area contributed by atoms with Gasteiger partial charge in [0.05, 0.1) is 22.7 Å². The van der Waals surface area contributed by atoms with Crippen molar-refractivity contribution < 1.29 is 0 Å². The predicted molar refractivity (Wildman–Crippen MR) is 115 cm³/mol. The largest absolute Gasteiger partial charge is 0.355 e. The van der Waals surface area contributed by atoms with Crippen molar-refractivity contribution in [2.24, 2.45) is 0 Å². The third-order valence-electron chi connectivity index (χ3n) is 5.55. The highest BCUT2D eigenvalue weighted by Crippen LogP contribution is 2.34. The summed E-state index contributed by atoms with van der Waals surface area (Å²) in [7, 11) is 0. The van der Waals surface area contributed by atoms with Gasteiger partial charge in [-0.3, -0.25) is 0 Å². The molecule has 0 aliphatic heterocycles. The Bertz CT molecular complexity index is 1570. The van der Waals surface area contributed by atoms with Crippen LogP contribution >= 0.6 is 0 Å². The van der Waals surface area contributed by atoms with Gasteiger partial charge in [-0.1, -0.05) is 42.5 Å². The Balaban J connectivity index is 1.76. The molecule has 2 aromatic heterocycles. The Labute approximate surface area is 161 Å². The highest BCUT2D eigenvalue weighted by Gasteiger charge is 2.13. The molecule has 4 aromatic carbocycles. The highest BCUT2D eigenvalue weighted by atomic mass is 15.0. The number of nitrogens with zero attached hydrogens (tertiary/aromatic N) is 2. The maximum absolute atomic E-state index is 9.40. The Morgan fingerprint density at radius 3 is 2.29 bits per heavy atom. The van der Waals surface area contributed by atoms with E-state index in [1.165, 1.54) is 16.2 Å². The summed E-state index contributed by atoms with van der Waals surface area (Å²) < 4.78 is 2.26. The van der Waals surface area contributed by atoms with E-state index in [1.54, 1.807) is 0 Å². The van der Waals surface area contributed by atoms with E-state index < -0.39 is 0 Å². The predicted octanol–water partition coefficient (Wildman–Crippen LogP) is 6.29. The first kappa shape index (κ1) is 15.1. The lowest BCUT2D eigenvalue weighted by Gasteiger charge is -2.08. The summed E-state index contributed by atoms with van der Waals surface area (Å²) in [6, 6.07) is 31.5. The number of H-pyrrole nitrogens is 1. The van der Waals surface area contributed by atoms with Gasteiger partial charge in [0.2, 0.25) is 0 Å². The van der Waals surface area contributed by atoms with Gasteiger partial charge in [-0.05, 0) is 42.5 Å². The smallest absolute Gasteiger partial charge is 0.0992 e. The first-order valence-corrected chi connectivity index (χ1v) is 9.28. The lowest BCUT2D eigenvalue weighted by atomic mass is 10.1. The summed E-state index contributed by atoms with van der Waals surface area (Å²) in [5, 5.41) is 14.2. The Hall–Kier alpha value is -4.03. The fraction of sp³-hybridized carbons (Fsp3) is 0. The second-order valence-electron chi connectivity index (χ2n) is 7.10. The van der Waals surface area contributed by atoms with Crippen molar-refractivity contribution in [1.82, 2.24) is 9.55 Å². The van der Waals surface area contributed by atoms with Crippen LogP contribution in [-0.4, -0.2) is 9.55 Å². The number of rotatable bonds is 1. The van der Waals surface area contributed by atoms with Gasteiger partial charge < -0.3 is 9.55 Å². The molecule has 0 atom stereocenters. The fourth-order valence-corrected chi connectivity index (χ4v) is 4.29. The van der Waals surface area contributed by atoms with Gasteiger partial charge in [0, 0.05) is 38.3 Å². The zero-order valence-electron chi connectivity index (χ0n) is 15.0. The average Bonchev–Trinajstić information content (AvgIpc) is 3.28. The van der Waals surface area contributed by atoms with E-state index in [-0.39, 0.29) is 0 Å². The normalized spacial score (nSPS) is 11.5. The molecule has 0 fully saturated rings. The monoisotopic (exact) mass is 357 g/mol. The highest BCUT2D eigenvalue weighted by molar-refractivity contribution is 6.11. The van der Waals surface area contributed by atoms with Gasteiger partial charge in [0.15, 0.2) is 0 Å². The minimum Gasteiger partial charge on any atom is -0.355 e. The molecule has 6 aromatic rings. The van der Waals surface area contributed by atoms with Crippen molar-refractivity contribution in [1.29, 1.82) is 5.26 Å². The van der Waals surface area contributed by atoms with Crippen LogP contribution in [0.1, 0.15) is 5.56 Å². The van der Waals surface area contributed by atoms with Gasteiger partial charge >= 0.3 is 0 Å². The SMILES string of the molecule is N#Cc1ccc2c3ccccc3n(-c3ccc4[nH]c5ccccc5c4c3)c2c1. The van der Waals surface area contributed by atoms with E-state index >= 15 is 0 Å². The molecular weight excluding hydrogens is 342 g/mol. The maximum atomic E-state index is 9.40. The molecule has 2 heterocycles. The molecule has 1 N–H and O–H groups in total. The number of nitriles is 1. The topological polar surface area (TPSA) is 44.5 Å². The number of aromatic amines is 1. The van der Waals surface area contributed by atoms with Crippen LogP contribution in [0.2, 0.25) is 0 Å². The fourth-order valence-electron chi connectivity index (χ4n) is 4.29. The quantitative estimate of drug-likeness (QED) is 0.369. The Morgan fingerprint density at radius 2 is 1.39 bits per heavy atom. The molecule has 0 saturated carbocycles. The van der Waals surface area contributed by atoms with Crippen LogP contribution in [-0.2, 0) is 0 Å². The lowest BCUT2D eigenvalue weighted by molar-refractivity contribution is 1.18. The van der Waals surface area contributed by atoms with E-state index in [4.69, 9.17) is 0 Å². The van der Waals surface area contributed by atoms with E-state index in [2.05, 4.69) is 88.4 Å². The number of aromatic nitrogens is 2. The lowest BCUT2D eigenvalue weighted by Crippen LogP contribution is -1.93. The van der Waals surface area contributed by atoms with Crippen LogP contribution in [0.25, 0.3) is 49.3 Å². The summed E-state index contributed by atoms with van der Waals surface area (Å²) in [4.78, 5) is 3.49. The first-order chi connectivity index (χ1) is 13.8. The van der Waals surface area contributed by atoms with Gasteiger partial charge in [0.1, 0.15) is 0 Å². The summed E-state index contributed by atoms with van der Waals surface area (Å²) in [6.07, 6.45) is 0. The second kappa shape index (κ2) is 5.48. The minimum absolute atomic E-state index is 0.671. The maximum Gasteiger partial charge on any atom is 0.0992 e. The van der Waals surface area contributed by atoms with Crippen molar-refractivity contribution in [2.75, 3.05) is 0 Å². The van der Waals surface area contributed by atoms with E-state index in [1.807, 2.05) is 12.1 Å². The average molecular weight is 357 g/mol. The Kier molecular flexibility index (Phi) is 2.95. The van der Waals surface area contributed by atoms with Gasteiger partial charge in [-0.15, -0.1) is 0 Å². The van der Waals surface area contributed by atoms with E-state index in [0.29, 0.717) is 5.56 Å². The summed E-state index contributed by atoms with van der Waals surface area (Å²) >= 11 is 0. The number of hydrogen-bond acceptors (Lipinski definition) is 1. The molecule has 0 unspecified atom stereocenters. The third-order valence-corrected chi connectivity index (χ3v) is 5.55. The number of fused-ring (bicyclic) bond motifs is 6. The molecule has 6 rings (SSSR count). The standard InChI is InChI=1S/C25H15N3/c26-15-16-9-11-20-19-6-2-4-8-24(19)28(25(20)13-16)17-10-12-23-21(14-17)18-5-1-3-7-22(18)27-23/h1-14,27H. The zero-order chi connectivity index (χ0) is 18.7. The van der Waals surface area contributed by atoms with Crippen LogP contribution in [0.15, 0.2) is 84.9 Å². The third kappa shape index (κ3) is 1.97. The molecule has 0 bridgehead atoms. The molecule has 0 aliphatic carbocycles. The van der Waals surface area contributed by atoms with Crippen LogP contribution in [0.5, 0.6) is 0 Å². The van der Waals surface area contributed by atoms with Gasteiger partial charge in [-0.25, -0.2) is 0 Å². The van der Waals surface area contributed by atoms with Crippen LogP contribution in [0.3, 0.4) is 0 Å². The van der Waals surface area contributed by atoms with Crippen molar-refractivity contribution in [3.8, 4) is 11.8 Å². The van der Waals surface area contributed by atoms with E-state index in [9.17, 15) is 5.26 Å². The van der Waals surface area contributed by atoms with Crippen LogP contribution < -0.4 is 0 Å². The van der Waals surface area contributed by atoms with Crippen molar-refractivity contribution in [3.63, 3.8) is 0 Å². The van der Waals surface area contributed by atoms with Crippen molar-refractivity contribution >= 4 is 43.6 Å². The number of nitrogens with one attached hydrogen (secondary N) is 1. The summed E-state index contributed by atoms with van der Waals surface area (Å²) in [5.41, 5.74) is 6.24. The van der Waals surface area contributed by atoms with Crippen LogP contribution in [0.4, 0.5) is 0 Å². The van der Waals surface area contributed by atoms with E-state index in [0.717, 1.165) is 33.1 Å². The summed E-state index contributed by atoms with van der Waals surface area (Å²) in [5.74, 6) is 0. The molecule has 3 nitrogen and oxygen atoms in total. The molecule has 130 valence electrons.